The van der Waals surface area contributed by atoms with E-state index in [1.807, 2.05) is 70.2 Å². The van der Waals surface area contributed by atoms with E-state index in [0.717, 1.165) is 39.2 Å². The van der Waals surface area contributed by atoms with Crippen molar-refractivity contribution in [1.82, 2.24) is 19.9 Å². The van der Waals surface area contributed by atoms with Gasteiger partial charge in [0.05, 0.1) is 16.9 Å². The topological polar surface area (TPSA) is 115 Å². The van der Waals surface area contributed by atoms with Crippen LogP contribution in [-0.4, -0.2) is 50.7 Å². The number of hydrogen-bond donors (Lipinski definition) is 2. The third-order valence-electron chi connectivity index (χ3n) is 6.64. The Labute approximate surface area is 242 Å². The van der Waals surface area contributed by atoms with E-state index < -0.39 is 5.60 Å². The highest BCUT2D eigenvalue weighted by Gasteiger charge is 2.28. The van der Waals surface area contributed by atoms with Gasteiger partial charge in [0.1, 0.15) is 11.4 Å². The molecule has 2 aromatic heterocycles. The molecule has 0 spiro atoms. The molecule has 9 nitrogen and oxygen atoms in total. The van der Waals surface area contributed by atoms with Gasteiger partial charge >= 0.3 is 6.09 Å². The van der Waals surface area contributed by atoms with E-state index in [9.17, 15) is 4.79 Å². The first-order chi connectivity index (χ1) is 19.1. The number of carbonyl (C=O) groups is 1. The molecule has 1 aliphatic heterocycles. The summed E-state index contributed by atoms with van der Waals surface area (Å²) in [6.45, 7) is 8.79. The number of benzene rings is 2. The lowest BCUT2D eigenvalue weighted by Gasteiger charge is -2.34. The smallest absolute Gasteiger partial charge is 0.410 e. The molecule has 0 aliphatic carbocycles. The molecule has 1 atom stereocenters. The number of rotatable bonds is 5. The summed E-state index contributed by atoms with van der Waals surface area (Å²) in [5, 5.41) is 5.20. The number of amides is 1. The van der Waals surface area contributed by atoms with Gasteiger partial charge < -0.3 is 25.4 Å². The summed E-state index contributed by atoms with van der Waals surface area (Å²) in [5.74, 6) is 1.59. The number of fused-ring (bicyclic) bond motifs is 1. The van der Waals surface area contributed by atoms with Crippen molar-refractivity contribution in [2.45, 2.75) is 52.2 Å². The van der Waals surface area contributed by atoms with Crippen LogP contribution in [0.15, 0.2) is 59.3 Å². The van der Waals surface area contributed by atoms with Crippen LogP contribution in [0.2, 0.25) is 0 Å². The molecule has 0 unspecified atom stereocenters. The molecular weight excluding hydrogens is 572 g/mol. The van der Waals surface area contributed by atoms with Crippen LogP contribution in [-0.2, 0) is 4.74 Å². The van der Waals surface area contributed by atoms with E-state index >= 15 is 0 Å². The zero-order chi connectivity index (χ0) is 28.4. The summed E-state index contributed by atoms with van der Waals surface area (Å²) in [5.41, 5.74) is 8.80. The first kappa shape index (κ1) is 27.6. The number of anilines is 2. The second-order valence-corrected chi connectivity index (χ2v) is 11.8. The number of carbonyl (C=O) groups excluding carboxylic acids is 1. The molecule has 5 rings (SSSR count). The van der Waals surface area contributed by atoms with Gasteiger partial charge in [-0.25, -0.2) is 19.7 Å². The number of nitrogen functional groups attached to an aromatic ring is 1. The molecule has 3 heterocycles. The second kappa shape index (κ2) is 11.3. The van der Waals surface area contributed by atoms with Gasteiger partial charge in [-0.1, -0.05) is 12.1 Å². The standard InChI is InChI=1S/C30H33BrN6O3/c1-18-9-10-20-21(11-12-23(31)25(20)32)26(18)39-27-22(8-5-14-33-27)24-13-15-34-28(36-24)35-19-7-6-16-37(17-19)29(38)40-30(2,3)4/h5,8-15,19H,6-7,16-17,32H2,1-4H3,(H,34,35,36)/t19-/m0/s1. The van der Waals surface area contributed by atoms with Crippen LogP contribution in [0.25, 0.3) is 22.0 Å². The van der Waals surface area contributed by atoms with Crippen LogP contribution < -0.4 is 15.8 Å². The number of likely N-dealkylation sites (tertiary alicyclic amines) is 1. The summed E-state index contributed by atoms with van der Waals surface area (Å²) < 4.78 is 12.8. The number of nitrogens with two attached hydrogens (primary N) is 1. The van der Waals surface area contributed by atoms with Gasteiger partial charge in [-0.05, 0) is 92.4 Å². The molecule has 2 aromatic carbocycles. The third kappa shape index (κ3) is 6.12. The fourth-order valence-corrected chi connectivity index (χ4v) is 5.08. The number of aryl methyl sites for hydroxylation is 1. The predicted octanol–water partition coefficient (Wildman–Crippen LogP) is 6.95. The number of nitrogens with zero attached hydrogens (tertiary/aromatic N) is 4. The molecule has 0 radical (unpaired) electrons. The lowest BCUT2D eigenvalue weighted by atomic mass is 10.0. The van der Waals surface area contributed by atoms with Gasteiger partial charge in [0.25, 0.3) is 0 Å². The number of ether oxygens (including phenoxy) is 2. The highest BCUT2D eigenvalue weighted by Crippen LogP contribution is 2.39. The zero-order valence-electron chi connectivity index (χ0n) is 23.1. The number of hydrogen-bond acceptors (Lipinski definition) is 8. The molecule has 208 valence electrons. The lowest BCUT2D eigenvalue weighted by Crippen LogP contribution is -2.47. The van der Waals surface area contributed by atoms with Gasteiger partial charge in [-0.2, -0.15) is 0 Å². The van der Waals surface area contributed by atoms with E-state index in [2.05, 4.69) is 31.2 Å². The van der Waals surface area contributed by atoms with Gasteiger partial charge in [0.15, 0.2) is 0 Å². The summed E-state index contributed by atoms with van der Waals surface area (Å²) in [6, 6.07) is 13.5. The normalized spacial score (nSPS) is 15.6. The molecule has 0 bridgehead atoms. The molecule has 4 aromatic rings. The molecule has 0 saturated carbocycles. The summed E-state index contributed by atoms with van der Waals surface area (Å²) in [4.78, 5) is 28.1. The molecule has 1 aliphatic rings. The fourth-order valence-electron chi connectivity index (χ4n) is 4.73. The monoisotopic (exact) mass is 604 g/mol. The van der Waals surface area contributed by atoms with E-state index in [4.69, 9.17) is 20.2 Å². The Balaban J connectivity index is 1.39. The van der Waals surface area contributed by atoms with Crippen LogP contribution in [0.4, 0.5) is 16.4 Å². The molecule has 10 heteroatoms. The zero-order valence-corrected chi connectivity index (χ0v) is 24.7. The quantitative estimate of drug-likeness (QED) is 0.235. The summed E-state index contributed by atoms with van der Waals surface area (Å²) in [6.07, 6.45) is 4.86. The minimum atomic E-state index is -0.535. The number of pyridine rings is 1. The minimum absolute atomic E-state index is 0.00394. The SMILES string of the molecule is Cc1ccc2c(N)c(Br)ccc2c1Oc1ncccc1-c1ccnc(N[C@H]2CCCN(C(=O)OC(C)(C)C)C2)n1. The minimum Gasteiger partial charge on any atom is -0.444 e. The van der Waals surface area contributed by atoms with E-state index in [1.54, 1.807) is 17.3 Å². The van der Waals surface area contributed by atoms with Gasteiger partial charge in [-0.3, -0.25) is 0 Å². The Morgan fingerprint density at radius 2 is 1.90 bits per heavy atom. The highest BCUT2D eigenvalue weighted by atomic mass is 79.9. The van der Waals surface area contributed by atoms with Crippen LogP contribution >= 0.6 is 15.9 Å². The first-order valence-electron chi connectivity index (χ1n) is 13.3. The lowest BCUT2D eigenvalue weighted by molar-refractivity contribution is 0.0206. The largest absolute Gasteiger partial charge is 0.444 e. The van der Waals surface area contributed by atoms with Crippen LogP contribution in [0.1, 0.15) is 39.2 Å². The van der Waals surface area contributed by atoms with Crippen molar-refractivity contribution < 1.29 is 14.3 Å². The van der Waals surface area contributed by atoms with Crippen LogP contribution in [0.3, 0.4) is 0 Å². The van der Waals surface area contributed by atoms with Crippen molar-refractivity contribution in [3.05, 3.63) is 64.9 Å². The van der Waals surface area contributed by atoms with Gasteiger partial charge in [0.2, 0.25) is 11.8 Å². The maximum Gasteiger partial charge on any atom is 0.410 e. The maximum atomic E-state index is 12.6. The van der Waals surface area contributed by atoms with E-state index in [-0.39, 0.29) is 12.1 Å². The third-order valence-corrected chi connectivity index (χ3v) is 7.34. The van der Waals surface area contributed by atoms with Gasteiger partial charge in [-0.15, -0.1) is 0 Å². The molecule has 40 heavy (non-hydrogen) atoms. The summed E-state index contributed by atoms with van der Waals surface area (Å²) in [7, 11) is 0. The Hall–Kier alpha value is -3.92. The average Bonchev–Trinajstić information content (AvgIpc) is 2.92. The Morgan fingerprint density at radius 3 is 2.70 bits per heavy atom. The number of halogens is 1. The molecule has 1 amide bonds. The Bertz CT molecular complexity index is 1550. The molecule has 3 N–H and O–H groups in total. The van der Waals surface area contributed by atoms with Crippen molar-refractivity contribution in [2.75, 3.05) is 24.1 Å². The number of aromatic nitrogens is 3. The molecular formula is C30H33BrN6O3. The first-order valence-corrected chi connectivity index (χ1v) is 14.1. The van der Waals surface area contributed by atoms with Crippen molar-refractivity contribution in [1.29, 1.82) is 0 Å². The fraction of sp³-hybridized carbons (Fsp3) is 0.333. The number of nitrogens with one attached hydrogen (secondary N) is 1. The van der Waals surface area contributed by atoms with E-state index in [1.165, 1.54) is 0 Å². The van der Waals surface area contributed by atoms with Crippen molar-refractivity contribution in [3.63, 3.8) is 0 Å². The predicted molar refractivity (Wildman–Crippen MR) is 161 cm³/mol. The second-order valence-electron chi connectivity index (χ2n) is 10.9. The Kier molecular flexibility index (Phi) is 7.80. The summed E-state index contributed by atoms with van der Waals surface area (Å²) >= 11 is 3.51. The van der Waals surface area contributed by atoms with Crippen LogP contribution in [0, 0.1) is 6.92 Å². The molecule has 1 saturated heterocycles. The van der Waals surface area contributed by atoms with Crippen molar-refractivity contribution >= 4 is 44.4 Å². The van der Waals surface area contributed by atoms with Crippen LogP contribution in [0.5, 0.6) is 11.6 Å². The highest BCUT2D eigenvalue weighted by molar-refractivity contribution is 9.10. The Morgan fingerprint density at radius 1 is 1.10 bits per heavy atom. The molecule has 1 fully saturated rings. The maximum absolute atomic E-state index is 12.6. The number of piperidine rings is 1. The van der Waals surface area contributed by atoms with Crippen molar-refractivity contribution in [3.8, 4) is 22.9 Å². The van der Waals surface area contributed by atoms with Crippen molar-refractivity contribution in [2.24, 2.45) is 0 Å². The van der Waals surface area contributed by atoms with Gasteiger partial charge in [0, 0.05) is 46.8 Å². The van der Waals surface area contributed by atoms with E-state index in [0.29, 0.717) is 42.0 Å². The average molecular weight is 606 g/mol.